The van der Waals surface area contributed by atoms with Gasteiger partial charge in [0.15, 0.2) is 0 Å². The summed E-state index contributed by atoms with van der Waals surface area (Å²) in [6.45, 7) is 8.29. The zero-order chi connectivity index (χ0) is 11.8. The van der Waals surface area contributed by atoms with Gasteiger partial charge in [0.05, 0.1) is 0 Å². The third kappa shape index (κ3) is 4.45. The van der Waals surface area contributed by atoms with Crippen molar-refractivity contribution in [3.63, 3.8) is 0 Å². The molecule has 0 aliphatic heterocycles. The molecule has 0 amide bonds. The third-order valence-electron chi connectivity index (χ3n) is 2.63. The van der Waals surface area contributed by atoms with Crippen molar-refractivity contribution in [1.29, 1.82) is 0 Å². The fourth-order valence-electron chi connectivity index (χ4n) is 1.50. The molecule has 0 heterocycles. The number of thioether (sulfide) groups is 1. The number of likely N-dealkylation sites (N-methyl/N-ethyl adjacent to an activating group) is 1. The van der Waals surface area contributed by atoms with Gasteiger partial charge in [-0.2, -0.15) is 0 Å². The number of rotatable bonds is 7. The van der Waals surface area contributed by atoms with Gasteiger partial charge in [0.25, 0.3) is 0 Å². The zero-order valence-electron chi connectivity index (χ0n) is 10.4. The fourth-order valence-corrected chi connectivity index (χ4v) is 1.91. The first-order valence-corrected chi connectivity index (χ1v) is 7.01. The predicted octanol–water partition coefficient (Wildman–Crippen LogP) is 3.13. The number of hydrogen-bond donors (Lipinski definition) is 0. The molecule has 2 nitrogen and oxygen atoms in total. The van der Waals surface area contributed by atoms with Gasteiger partial charge in [-0.25, -0.2) is 0 Å². The second kappa shape index (κ2) is 7.58. The summed E-state index contributed by atoms with van der Waals surface area (Å²) in [5.41, 5.74) is 0. The van der Waals surface area contributed by atoms with Crippen molar-refractivity contribution in [2.45, 2.75) is 18.7 Å². The maximum atomic E-state index is 5.69. The smallest absolute Gasteiger partial charge is 0.119 e. The number of hydrogen-bond acceptors (Lipinski definition) is 3. The van der Waals surface area contributed by atoms with E-state index in [-0.39, 0.29) is 0 Å². The van der Waals surface area contributed by atoms with E-state index in [1.165, 1.54) is 4.90 Å². The van der Waals surface area contributed by atoms with Crippen LogP contribution < -0.4 is 4.74 Å². The van der Waals surface area contributed by atoms with Gasteiger partial charge in [0.1, 0.15) is 12.4 Å². The number of benzene rings is 1. The molecule has 0 aliphatic carbocycles. The Labute approximate surface area is 103 Å². The van der Waals surface area contributed by atoms with E-state index in [0.717, 1.165) is 32.0 Å². The van der Waals surface area contributed by atoms with Crippen molar-refractivity contribution >= 4 is 11.8 Å². The third-order valence-corrected chi connectivity index (χ3v) is 3.37. The molecule has 3 heteroatoms. The van der Waals surface area contributed by atoms with Crippen molar-refractivity contribution in [1.82, 2.24) is 4.90 Å². The molecule has 90 valence electrons. The van der Waals surface area contributed by atoms with Crippen LogP contribution in [0.2, 0.25) is 0 Å². The van der Waals surface area contributed by atoms with E-state index in [1.807, 2.05) is 12.1 Å². The van der Waals surface area contributed by atoms with Crippen LogP contribution in [0.3, 0.4) is 0 Å². The molecule has 0 saturated carbocycles. The molecule has 0 aliphatic rings. The Morgan fingerprint density at radius 1 is 1.12 bits per heavy atom. The minimum absolute atomic E-state index is 0.764. The van der Waals surface area contributed by atoms with E-state index >= 15 is 0 Å². The normalized spacial score (nSPS) is 10.8. The summed E-state index contributed by atoms with van der Waals surface area (Å²) in [4.78, 5) is 3.63. The second-order valence-electron chi connectivity index (χ2n) is 3.55. The Hall–Kier alpha value is -0.670. The molecule has 0 radical (unpaired) electrons. The SMILES string of the molecule is CCN(CC)CCOc1ccc(SC)cc1. The van der Waals surface area contributed by atoms with Crippen LogP contribution in [0.25, 0.3) is 0 Å². The molecule has 1 aromatic carbocycles. The molecule has 0 saturated heterocycles. The second-order valence-corrected chi connectivity index (χ2v) is 4.43. The quantitative estimate of drug-likeness (QED) is 0.678. The predicted molar refractivity (Wildman–Crippen MR) is 71.5 cm³/mol. The van der Waals surface area contributed by atoms with Gasteiger partial charge in [0, 0.05) is 11.4 Å². The molecule has 1 rings (SSSR count). The summed E-state index contributed by atoms with van der Waals surface area (Å²) in [5, 5.41) is 0. The molecule has 0 atom stereocenters. The summed E-state index contributed by atoms with van der Waals surface area (Å²) in [7, 11) is 0. The van der Waals surface area contributed by atoms with Crippen LogP contribution in [0.15, 0.2) is 29.2 Å². The highest BCUT2D eigenvalue weighted by molar-refractivity contribution is 7.98. The Balaban J connectivity index is 2.31. The Morgan fingerprint density at radius 3 is 2.25 bits per heavy atom. The first-order chi connectivity index (χ1) is 7.80. The standard InChI is InChI=1S/C13H21NOS/c1-4-14(5-2)10-11-15-12-6-8-13(16-3)9-7-12/h6-9H,4-5,10-11H2,1-3H3. The van der Waals surface area contributed by atoms with Gasteiger partial charge >= 0.3 is 0 Å². The van der Waals surface area contributed by atoms with Crippen LogP contribution in [-0.4, -0.2) is 37.4 Å². The zero-order valence-corrected chi connectivity index (χ0v) is 11.2. The highest BCUT2D eigenvalue weighted by atomic mass is 32.2. The van der Waals surface area contributed by atoms with Crippen molar-refractivity contribution in [2.75, 3.05) is 32.5 Å². The highest BCUT2D eigenvalue weighted by Gasteiger charge is 1.99. The van der Waals surface area contributed by atoms with Crippen molar-refractivity contribution in [2.24, 2.45) is 0 Å². The fraction of sp³-hybridized carbons (Fsp3) is 0.538. The van der Waals surface area contributed by atoms with Gasteiger partial charge in [0.2, 0.25) is 0 Å². The lowest BCUT2D eigenvalue weighted by atomic mass is 10.3. The van der Waals surface area contributed by atoms with Crippen LogP contribution in [0.5, 0.6) is 5.75 Å². The molecule has 0 bridgehead atoms. The molecule has 16 heavy (non-hydrogen) atoms. The van der Waals surface area contributed by atoms with E-state index in [1.54, 1.807) is 11.8 Å². The molecular formula is C13H21NOS. The molecule has 0 aromatic heterocycles. The van der Waals surface area contributed by atoms with Crippen molar-refractivity contribution in [3.05, 3.63) is 24.3 Å². The van der Waals surface area contributed by atoms with Crippen LogP contribution >= 0.6 is 11.8 Å². The first-order valence-electron chi connectivity index (χ1n) is 5.79. The van der Waals surface area contributed by atoms with Crippen molar-refractivity contribution in [3.8, 4) is 5.75 Å². The van der Waals surface area contributed by atoms with Crippen molar-refractivity contribution < 1.29 is 4.74 Å². The topological polar surface area (TPSA) is 12.5 Å². The van der Waals surface area contributed by atoms with Crippen LogP contribution in [0.1, 0.15) is 13.8 Å². The summed E-state index contributed by atoms with van der Waals surface area (Å²) >= 11 is 1.75. The molecule has 0 spiro atoms. The maximum absolute atomic E-state index is 5.69. The Bertz CT molecular complexity index is 282. The lowest BCUT2D eigenvalue weighted by molar-refractivity contribution is 0.223. The lowest BCUT2D eigenvalue weighted by Gasteiger charge is -2.17. The minimum atomic E-state index is 0.764. The van der Waals surface area contributed by atoms with E-state index < -0.39 is 0 Å². The largest absolute Gasteiger partial charge is 0.492 e. The lowest BCUT2D eigenvalue weighted by Crippen LogP contribution is -2.27. The Morgan fingerprint density at radius 2 is 1.75 bits per heavy atom. The van der Waals surface area contributed by atoms with Gasteiger partial charge in [-0.3, -0.25) is 0 Å². The minimum Gasteiger partial charge on any atom is -0.492 e. The molecule has 1 aromatic rings. The summed E-state index contributed by atoms with van der Waals surface area (Å²) in [5.74, 6) is 0.963. The van der Waals surface area contributed by atoms with Gasteiger partial charge < -0.3 is 9.64 Å². The van der Waals surface area contributed by atoms with Crippen LogP contribution in [0.4, 0.5) is 0 Å². The monoisotopic (exact) mass is 239 g/mol. The van der Waals surface area contributed by atoms with E-state index in [0.29, 0.717) is 0 Å². The Kier molecular flexibility index (Phi) is 6.34. The summed E-state index contributed by atoms with van der Waals surface area (Å²) in [6.07, 6.45) is 2.08. The van der Waals surface area contributed by atoms with Crippen LogP contribution in [0, 0.1) is 0 Å². The van der Waals surface area contributed by atoms with Gasteiger partial charge in [-0.1, -0.05) is 13.8 Å². The summed E-state index contributed by atoms with van der Waals surface area (Å²) in [6, 6.07) is 8.26. The van der Waals surface area contributed by atoms with E-state index in [2.05, 4.69) is 37.1 Å². The van der Waals surface area contributed by atoms with Crippen LogP contribution in [-0.2, 0) is 0 Å². The molecule has 0 N–H and O–H groups in total. The molecule has 0 unspecified atom stereocenters. The average Bonchev–Trinajstić information content (AvgIpc) is 2.35. The van der Waals surface area contributed by atoms with Gasteiger partial charge in [-0.05, 0) is 43.6 Å². The van der Waals surface area contributed by atoms with E-state index in [4.69, 9.17) is 4.74 Å². The highest BCUT2D eigenvalue weighted by Crippen LogP contribution is 2.18. The number of ether oxygens (including phenoxy) is 1. The average molecular weight is 239 g/mol. The summed E-state index contributed by atoms with van der Waals surface area (Å²) < 4.78 is 5.69. The van der Waals surface area contributed by atoms with E-state index in [9.17, 15) is 0 Å². The molecular weight excluding hydrogens is 218 g/mol. The van der Waals surface area contributed by atoms with Gasteiger partial charge in [-0.15, -0.1) is 11.8 Å². The first kappa shape index (κ1) is 13.4. The maximum Gasteiger partial charge on any atom is 0.119 e. The number of nitrogens with zero attached hydrogens (tertiary/aromatic N) is 1. The molecule has 0 fully saturated rings.